The van der Waals surface area contributed by atoms with E-state index < -0.39 is 23.7 Å². The minimum absolute atomic E-state index is 0.0760. The molecule has 0 saturated carbocycles. The number of anilines is 1. The number of amides is 1. The highest BCUT2D eigenvalue weighted by molar-refractivity contribution is 5.80. The van der Waals surface area contributed by atoms with Crippen molar-refractivity contribution < 1.29 is 19.4 Å². The molecule has 0 aliphatic heterocycles. The van der Waals surface area contributed by atoms with E-state index in [2.05, 4.69) is 10.3 Å². The average Bonchev–Trinajstić information content (AvgIpc) is 2.25. The third kappa shape index (κ3) is 5.55. The SMILES string of the molecule is CC(C)(C)OC(=O)N[C@@H](Cc1cncc(N)c1)C(=O)O. The lowest BCUT2D eigenvalue weighted by molar-refractivity contribution is -0.139. The quantitative estimate of drug-likeness (QED) is 0.763. The normalized spacial score (nSPS) is 12.6. The van der Waals surface area contributed by atoms with Crippen molar-refractivity contribution in [3.8, 4) is 0 Å². The highest BCUT2D eigenvalue weighted by Gasteiger charge is 2.24. The van der Waals surface area contributed by atoms with Crippen molar-refractivity contribution in [3.63, 3.8) is 0 Å². The molecule has 0 aromatic carbocycles. The lowest BCUT2D eigenvalue weighted by Crippen LogP contribution is -2.44. The average molecular weight is 281 g/mol. The van der Waals surface area contributed by atoms with Crippen molar-refractivity contribution in [1.29, 1.82) is 0 Å². The lowest BCUT2D eigenvalue weighted by Gasteiger charge is -2.22. The first kappa shape index (κ1) is 15.7. The van der Waals surface area contributed by atoms with Crippen molar-refractivity contribution in [1.82, 2.24) is 10.3 Å². The largest absolute Gasteiger partial charge is 0.480 e. The van der Waals surface area contributed by atoms with Crippen LogP contribution in [0.25, 0.3) is 0 Å². The number of nitrogens with two attached hydrogens (primary N) is 1. The van der Waals surface area contributed by atoms with Crippen LogP contribution in [-0.4, -0.2) is 33.8 Å². The standard InChI is InChI=1S/C13H19N3O4/c1-13(2,3)20-12(19)16-10(11(17)18)5-8-4-9(14)7-15-6-8/h4,6-7,10H,5,14H2,1-3H3,(H,16,19)(H,17,18)/t10-/m0/s1. The molecule has 1 atom stereocenters. The van der Waals surface area contributed by atoms with Gasteiger partial charge in [-0.3, -0.25) is 4.98 Å². The van der Waals surface area contributed by atoms with Crippen LogP contribution in [0.3, 0.4) is 0 Å². The summed E-state index contributed by atoms with van der Waals surface area (Å²) in [4.78, 5) is 26.6. The number of nitrogens with one attached hydrogen (secondary N) is 1. The Balaban J connectivity index is 2.71. The number of ether oxygens (including phenoxy) is 1. The molecule has 0 saturated heterocycles. The summed E-state index contributed by atoms with van der Waals surface area (Å²) in [6, 6.07) is 0.508. The molecule has 4 N–H and O–H groups in total. The van der Waals surface area contributed by atoms with E-state index in [9.17, 15) is 9.59 Å². The van der Waals surface area contributed by atoms with Gasteiger partial charge in [0.15, 0.2) is 0 Å². The molecule has 0 aliphatic carbocycles. The predicted octanol–water partition coefficient (Wildman–Crippen LogP) is 1.18. The van der Waals surface area contributed by atoms with Crippen LogP contribution < -0.4 is 11.1 Å². The smallest absolute Gasteiger partial charge is 0.408 e. The first-order valence-electron chi connectivity index (χ1n) is 6.09. The van der Waals surface area contributed by atoms with Crippen LogP contribution in [0.15, 0.2) is 18.5 Å². The molecule has 0 bridgehead atoms. The molecule has 0 radical (unpaired) electrons. The minimum atomic E-state index is -1.15. The second-order valence-electron chi connectivity index (χ2n) is 5.37. The number of rotatable bonds is 4. The number of nitrogen functional groups attached to an aromatic ring is 1. The van der Waals surface area contributed by atoms with Gasteiger partial charge in [-0.05, 0) is 32.4 Å². The molecule has 0 unspecified atom stereocenters. The van der Waals surface area contributed by atoms with Gasteiger partial charge < -0.3 is 20.9 Å². The number of carbonyl (C=O) groups excluding carboxylic acids is 1. The molecule has 0 spiro atoms. The maximum absolute atomic E-state index is 11.6. The summed E-state index contributed by atoms with van der Waals surface area (Å²) in [5.74, 6) is -1.15. The zero-order valence-corrected chi connectivity index (χ0v) is 11.7. The Morgan fingerprint density at radius 3 is 2.60 bits per heavy atom. The van der Waals surface area contributed by atoms with Crippen LogP contribution in [0.1, 0.15) is 26.3 Å². The number of carboxylic acid groups (broad SMARTS) is 1. The molecule has 1 aromatic rings. The first-order chi connectivity index (χ1) is 9.17. The van der Waals surface area contributed by atoms with Crippen LogP contribution in [0, 0.1) is 0 Å². The Hall–Kier alpha value is -2.31. The van der Waals surface area contributed by atoms with E-state index in [1.807, 2.05) is 0 Å². The van der Waals surface area contributed by atoms with Crippen molar-refractivity contribution in [2.45, 2.75) is 38.8 Å². The molecular formula is C13H19N3O4. The fraction of sp³-hybridized carbons (Fsp3) is 0.462. The van der Waals surface area contributed by atoms with Gasteiger partial charge in [-0.1, -0.05) is 0 Å². The van der Waals surface area contributed by atoms with Gasteiger partial charge in [0, 0.05) is 18.8 Å². The maximum Gasteiger partial charge on any atom is 0.408 e. The van der Waals surface area contributed by atoms with Gasteiger partial charge in [-0.15, -0.1) is 0 Å². The van der Waals surface area contributed by atoms with Crippen molar-refractivity contribution >= 4 is 17.7 Å². The Morgan fingerprint density at radius 2 is 2.10 bits per heavy atom. The molecule has 1 rings (SSSR count). The molecule has 7 nitrogen and oxygen atoms in total. The van der Waals surface area contributed by atoms with Crippen molar-refractivity contribution in [2.75, 3.05) is 5.73 Å². The van der Waals surface area contributed by atoms with Crippen LogP contribution in [0.5, 0.6) is 0 Å². The van der Waals surface area contributed by atoms with Gasteiger partial charge in [-0.25, -0.2) is 9.59 Å². The summed E-state index contributed by atoms with van der Waals surface area (Å²) >= 11 is 0. The fourth-order valence-electron chi connectivity index (χ4n) is 1.50. The highest BCUT2D eigenvalue weighted by atomic mass is 16.6. The van der Waals surface area contributed by atoms with E-state index in [1.165, 1.54) is 12.4 Å². The lowest BCUT2D eigenvalue weighted by atomic mass is 10.1. The van der Waals surface area contributed by atoms with Crippen molar-refractivity contribution in [3.05, 3.63) is 24.0 Å². The fourth-order valence-corrected chi connectivity index (χ4v) is 1.50. The second-order valence-corrected chi connectivity index (χ2v) is 5.37. The van der Waals surface area contributed by atoms with Gasteiger partial charge >= 0.3 is 12.1 Å². The van der Waals surface area contributed by atoms with Gasteiger partial charge in [0.1, 0.15) is 11.6 Å². The summed E-state index contributed by atoms with van der Waals surface area (Å²) < 4.78 is 5.03. The number of hydrogen-bond donors (Lipinski definition) is 3. The predicted molar refractivity (Wildman–Crippen MR) is 73.1 cm³/mol. The van der Waals surface area contributed by atoms with Crippen LogP contribution >= 0.6 is 0 Å². The van der Waals surface area contributed by atoms with E-state index >= 15 is 0 Å². The number of aromatic nitrogens is 1. The third-order valence-electron chi connectivity index (χ3n) is 2.24. The summed E-state index contributed by atoms with van der Waals surface area (Å²) in [5, 5.41) is 11.4. The molecule has 1 amide bonds. The number of hydrogen-bond acceptors (Lipinski definition) is 5. The monoisotopic (exact) mass is 281 g/mol. The number of nitrogens with zero attached hydrogens (tertiary/aromatic N) is 1. The van der Waals surface area contributed by atoms with Gasteiger partial charge in [-0.2, -0.15) is 0 Å². The van der Waals surface area contributed by atoms with Gasteiger partial charge in [0.05, 0.1) is 5.69 Å². The molecule has 110 valence electrons. The zero-order chi connectivity index (χ0) is 15.3. The van der Waals surface area contributed by atoms with Gasteiger partial charge in [0.2, 0.25) is 0 Å². The zero-order valence-electron chi connectivity index (χ0n) is 11.7. The molecular weight excluding hydrogens is 262 g/mol. The maximum atomic E-state index is 11.6. The van der Waals surface area contributed by atoms with Gasteiger partial charge in [0.25, 0.3) is 0 Å². The van der Waals surface area contributed by atoms with Crippen LogP contribution in [-0.2, 0) is 16.0 Å². The Bertz CT molecular complexity index is 497. The number of aliphatic carboxylic acids is 1. The molecule has 1 heterocycles. The Kier molecular flexibility index (Phi) is 4.90. The molecule has 1 aromatic heterocycles. The third-order valence-corrected chi connectivity index (χ3v) is 2.24. The van der Waals surface area contributed by atoms with E-state index in [0.717, 1.165) is 0 Å². The summed E-state index contributed by atoms with van der Waals surface area (Å²) in [5.41, 5.74) is 5.94. The Morgan fingerprint density at radius 1 is 1.45 bits per heavy atom. The second kappa shape index (κ2) is 6.23. The molecule has 20 heavy (non-hydrogen) atoms. The Labute approximate surface area is 117 Å². The number of carbonyl (C=O) groups is 2. The summed E-state index contributed by atoms with van der Waals surface area (Å²) in [6.07, 6.45) is 2.26. The first-order valence-corrected chi connectivity index (χ1v) is 6.09. The van der Waals surface area contributed by atoms with Crippen LogP contribution in [0.2, 0.25) is 0 Å². The molecule has 0 fully saturated rings. The number of carboxylic acids is 1. The van der Waals surface area contributed by atoms with E-state index in [4.69, 9.17) is 15.6 Å². The van der Waals surface area contributed by atoms with Crippen molar-refractivity contribution in [2.24, 2.45) is 0 Å². The topological polar surface area (TPSA) is 115 Å². The summed E-state index contributed by atoms with van der Waals surface area (Å²) in [7, 11) is 0. The van der Waals surface area contributed by atoms with E-state index in [1.54, 1.807) is 26.8 Å². The van der Waals surface area contributed by atoms with Crippen LogP contribution in [0.4, 0.5) is 10.5 Å². The highest BCUT2D eigenvalue weighted by Crippen LogP contribution is 2.09. The summed E-state index contributed by atoms with van der Waals surface area (Å²) in [6.45, 7) is 5.10. The van der Waals surface area contributed by atoms with E-state index in [0.29, 0.717) is 11.3 Å². The number of alkyl carbamates (subject to hydrolysis) is 1. The molecule has 0 aliphatic rings. The van der Waals surface area contributed by atoms with E-state index in [-0.39, 0.29) is 6.42 Å². The molecule has 7 heteroatoms. The minimum Gasteiger partial charge on any atom is -0.480 e. The number of pyridine rings is 1.